The van der Waals surface area contributed by atoms with E-state index in [0.29, 0.717) is 17.7 Å². The van der Waals surface area contributed by atoms with Gasteiger partial charge in [0.2, 0.25) is 0 Å². The number of nitrogens with one attached hydrogen (secondary N) is 2. The Labute approximate surface area is 128 Å². The fraction of sp³-hybridized carbons (Fsp3) is 0.267. The fourth-order valence-electron chi connectivity index (χ4n) is 2.28. The van der Waals surface area contributed by atoms with Crippen LogP contribution >= 0.6 is 24.0 Å². The maximum absolute atomic E-state index is 5.37. The molecule has 1 atom stereocenters. The normalized spacial score (nSPS) is 17.3. The molecule has 0 fully saturated rings. The minimum atomic E-state index is 0.295. The molecular formula is C15H16N2OS2. The van der Waals surface area contributed by atoms with Gasteiger partial charge in [-0.05, 0) is 42.4 Å². The number of rotatable bonds is 3. The van der Waals surface area contributed by atoms with Crippen LogP contribution in [0.2, 0.25) is 0 Å². The van der Waals surface area contributed by atoms with Crippen molar-refractivity contribution in [3.05, 3.63) is 54.0 Å². The lowest BCUT2D eigenvalue weighted by Crippen LogP contribution is -2.38. The van der Waals surface area contributed by atoms with Crippen LogP contribution in [0.25, 0.3) is 0 Å². The summed E-state index contributed by atoms with van der Waals surface area (Å²) in [5.74, 6) is 2.00. The topological polar surface area (TPSA) is 37.2 Å². The van der Waals surface area contributed by atoms with E-state index < -0.39 is 0 Å². The Bertz CT molecular complexity index is 583. The van der Waals surface area contributed by atoms with Gasteiger partial charge in [-0.3, -0.25) is 0 Å². The standard InChI is InChI=1S/C15H16N2OS2/c19-15(16-10-11-4-3-8-18-11)17-13-7-9-20-14-6-2-1-5-12(13)14/h1-6,8,13H,7,9-10H2,(H2,16,17,19)/t13-/m1/s1. The first-order valence-electron chi connectivity index (χ1n) is 6.61. The van der Waals surface area contributed by atoms with E-state index in [1.54, 1.807) is 6.26 Å². The van der Waals surface area contributed by atoms with Gasteiger partial charge in [0.25, 0.3) is 0 Å². The fourth-order valence-corrected chi connectivity index (χ4v) is 3.62. The zero-order chi connectivity index (χ0) is 13.8. The third-order valence-corrected chi connectivity index (χ3v) is 4.65. The monoisotopic (exact) mass is 304 g/mol. The van der Waals surface area contributed by atoms with Crippen LogP contribution in [0.15, 0.2) is 52.0 Å². The Hall–Kier alpha value is -1.46. The predicted molar refractivity (Wildman–Crippen MR) is 85.8 cm³/mol. The van der Waals surface area contributed by atoms with Gasteiger partial charge in [-0.1, -0.05) is 18.2 Å². The molecule has 104 valence electrons. The van der Waals surface area contributed by atoms with Crippen LogP contribution in [0.3, 0.4) is 0 Å². The second-order valence-electron chi connectivity index (χ2n) is 4.63. The number of thiocarbonyl (C=S) groups is 1. The summed E-state index contributed by atoms with van der Waals surface area (Å²) in [5, 5.41) is 7.26. The van der Waals surface area contributed by atoms with Crippen LogP contribution < -0.4 is 10.6 Å². The highest BCUT2D eigenvalue weighted by atomic mass is 32.2. The summed E-state index contributed by atoms with van der Waals surface area (Å²) in [5.41, 5.74) is 1.34. The van der Waals surface area contributed by atoms with Gasteiger partial charge in [-0.15, -0.1) is 11.8 Å². The van der Waals surface area contributed by atoms with Crippen molar-refractivity contribution < 1.29 is 4.42 Å². The van der Waals surface area contributed by atoms with Crippen LogP contribution in [0, 0.1) is 0 Å². The second-order valence-corrected chi connectivity index (χ2v) is 6.18. The second kappa shape index (κ2) is 6.33. The quantitative estimate of drug-likeness (QED) is 0.849. The van der Waals surface area contributed by atoms with Gasteiger partial charge in [-0.2, -0.15) is 0 Å². The van der Waals surface area contributed by atoms with E-state index in [2.05, 4.69) is 34.9 Å². The van der Waals surface area contributed by atoms with Gasteiger partial charge in [0, 0.05) is 10.6 Å². The van der Waals surface area contributed by atoms with Crippen molar-refractivity contribution in [1.82, 2.24) is 10.6 Å². The van der Waals surface area contributed by atoms with Crippen molar-refractivity contribution in [2.24, 2.45) is 0 Å². The van der Waals surface area contributed by atoms with Gasteiger partial charge in [0.15, 0.2) is 5.11 Å². The maximum Gasteiger partial charge on any atom is 0.167 e. The van der Waals surface area contributed by atoms with Gasteiger partial charge in [0.05, 0.1) is 18.8 Å². The Kier molecular flexibility index (Phi) is 4.28. The summed E-state index contributed by atoms with van der Waals surface area (Å²) in [6.07, 6.45) is 2.76. The van der Waals surface area contributed by atoms with Crippen LogP contribution in [-0.2, 0) is 6.54 Å². The largest absolute Gasteiger partial charge is 0.467 e. The molecule has 0 saturated heterocycles. The van der Waals surface area contributed by atoms with Gasteiger partial charge >= 0.3 is 0 Å². The zero-order valence-corrected chi connectivity index (χ0v) is 12.6. The SMILES string of the molecule is S=C(NCc1ccco1)N[C@@H]1CCSc2ccccc21. The molecule has 0 bridgehead atoms. The molecule has 3 nitrogen and oxygen atoms in total. The van der Waals surface area contributed by atoms with E-state index in [-0.39, 0.29) is 0 Å². The Morgan fingerprint density at radius 1 is 1.30 bits per heavy atom. The maximum atomic E-state index is 5.37. The summed E-state index contributed by atoms with van der Waals surface area (Å²) in [6, 6.07) is 12.6. The van der Waals surface area contributed by atoms with Crippen molar-refractivity contribution in [3.8, 4) is 0 Å². The Balaban J connectivity index is 1.59. The van der Waals surface area contributed by atoms with Crippen molar-refractivity contribution in [3.63, 3.8) is 0 Å². The highest BCUT2D eigenvalue weighted by molar-refractivity contribution is 7.99. The highest BCUT2D eigenvalue weighted by Gasteiger charge is 2.20. The molecule has 20 heavy (non-hydrogen) atoms. The lowest BCUT2D eigenvalue weighted by molar-refractivity contribution is 0.500. The molecule has 0 saturated carbocycles. The molecule has 2 aromatic rings. The summed E-state index contributed by atoms with van der Waals surface area (Å²) < 4.78 is 5.28. The summed E-state index contributed by atoms with van der Waals surface area (Å²) in [4.78, 5) is 1.35. The number of furan rings is 1. The summed E-state index contributed by atoms with van der Waals surface area (Å²) >= 11 is 7.28. The zero-order valence-electron chi connectivity index (χ0n) is 11.0. The number of hydrogen-bond donors (Lipinski definition) is 2. The van der Waals surface area contributed by atoms with E-state index in [1.807, 2.05) is 23.9 Å². The van der Waals surface area contributed by atoms with E-state index in [1.165, 1.54) is 10.5 Å². The van der Waals surface area contributed by atoms with Gasteiger partial charge in [0.1, 0.15) is 5.76 Å². The molecule has 5 heteroatoms. The smallest absolute Gasteiger partial charge is 0.167 e. The lowest BCUT2D eigenvalue weighted by atomic mass is 10.0. The molecule has 0 aliphatic carbocycles. The third kappa shape index (κ3) is 3.16. The number of fused-ring (bicyclic) bond motifs is 1. The summed E-state index contributed by atoms with van der Waals surface area (Å²) in [6.45, 7) is 0.613. The number of benzene rings is 1. The molecule has 1 aliphatic rings. The van der Waals surface area contributed by atoms with E-state index in [9.17, 15) is 0 Å². The molecular weight excluding hydrogens is 288 g/mol. The van der Waals surface area contributed by atoms with Gasteiger partial charge in [-0.25, -0.2) is 0 Å². The molecule has 1 aromatic heterocycles. The van der Waals surface area contributed by atoms with Crippen LogP contribution in [0.4, 0.5) is 0 Å². The van der Waals surface area contributed by atoms with Crippen LogP contribution in [0.5, 0.6) is 0 Å². The molecule has 1 aromatic carbocycles. The van der Waals surface area contributed by atoms with Crippen molar-refractivity contribution in [2.45, 2.75) is 23.9 Å². The minimum absolute atomic E-state index is 0.295. The first-order chi connectivity index (χ1) is 9.83. The lowest BCUT2D eigenvalue weighted by Gasteiger charge is -2.27. The molecule has 0 radical (unpaired) electrons. The van der Waals surface area contributed by atoms with E-state index in [4.69, 9.17) is 16.6 Å². The molecule has 3 rings (SSSR count). The van der Waals surface area contributed by atoms with Gasteiger partial charge < -0.3 is 15.1 Å². The molecule has 0 spiro atoms. The van der Waals surface area contributed by atoms with Crippen molar-refractivity contribution in [2.75, 3.05) is 5.75 Å². The van der Waals surface area contributed by atoms with Crippen molar-refractivity contribution >= 4 is 29.1 Å². The first kappa shape index (κ1) is 13.5. The predicted octanol–water partition coefficient (Wildman–Crippen LogP) is 3.48. The summed E-state index contributed by atoms with van der Waals surface area (Å²) in [7, 11) is 0. The van der Waals surface area contributed by atoms with E-state index in [0.717, 1.165) is 17.9 Å². The Morgan fingerprint density at radius 3 is 3.05 bits per heavy atom. The molecule has 1 aliphatic heterocycles. The molecule has 0 unspecified atom stereocenters. The molecule has 2 N–H and O–H groups in total. The minimum Gasteiger partial charge on any atom is -0.467 e. The van der Waals surface area contributed by atoms with Crippen LogP contribution in [-0.4, -0.2) is 10.9 Å². The number of hydrogen-bond acceptors (Lipinski definition) is 3. The number of thioether (sulfide) groups is 1. The van der Waals surface area contributed by atoms with Crippen LogP contribution in [0.1, 0.15) is 23.8 Å². The average molecular weight is 304 g/mol. The third-order valence-electron chi connectivity index (χ3n) is 3.27. The Morgan fingerprint density at radius 2 is 2.20 bits per heavy atom. The average Bonchev–Trinajstić information content (AvgIpc) is 2.99. The molecule has 2 heterocycles. The van der Waals surface area contributed by atoms with E-state index >= 15 is 0 Å². The first-order valence-corrected chi connectivity index (χ1v) is 8.01. The highest BCUT2D eigenvalue weighted by Crippen LogP contribution is 2.35. The van der Waals surface area contributed by atoms with Crippen molar-refractivity contribution in [1.29, 1.82) is 0 Å². The molecule has 0 amide bonds.